The molecule has 0 saturated heterocycles. The lowest BCUT2D eigenvalue weighted by atomic mass is 10.1. The number of aryl methyl sites for hydroxylation is 2. The molecule has 2 aromatic carbocycles. The normalized spacial score (nSPS) is 10.3. The van der Waals surface area contributed by atoms with Crippen molar-refractivity contribution >= 4 is 17.5 Å². The summed E-state index contributed by atoms with van der Waals surface area (Å²) in [5, 5.41) is 3.39. The molecule has 0 fully saturated rings. The maximum atomic E-state index is 11.9. The second-order valence-corrected chi connectivity index (χ2v) is 5.23. The van der Waals surface area contributed by atoms with E-state index in [0.717, 1.165) is 12.8 Å². The van der Waals surface area contributed by atoms with E-state index < -0.39 is 0 Å². The minimum atomic E-state index is -0.112. The lowest BCUT2D eigenvalue weighted by Crippen LogP contribution is -2.25. The highest BCUT2D eigenvalue weighted by molar-refractivity contribution is 6.33. The van der Waals surface area contributed by atoms with E-state index in [1.165, 1.54) is 11.1 Å². The second-order valence-electron chi connectivity index (χ2n) is 4.82. The number of nitrogens with one attached hydrogen (secondary N) is 1. The molecule has 0 unspecified atom stereocenters. The van der Waals surface area contributed by atoms with Gasteiger partial charge in [0.1, 0.15) is 0 Å². The molecule has 2 rings (SSSR count). The maximum absolute atomic E-state index is 11.9. The van der Waals surface area contributed by atoms with Crippen LogP contribution >= 0.6 is 11.6 Å². The number of carbonyl (C=O) groups is 1. The van der Waals surface area contributed by atoms with Crippen molar-refractivity contribution < 1.29 is 4.79 Å². The monoisotopic (exact) mass is 287 g/mol. The highest BCUT2D eigenvalue weighted by Gasteiger charge is 2.08. The fourth-order valence-corrected chi connectivity index (χ4v) is 2.21. The standard InChI is InChI=1S/C17H18ClNO/c1-13-8-10-14(11-9-13)5-4-12-19-17(20)15-6-2-3-7-16(15)18/h2-3,6-11H,4-5,12H2,1H3,(H,19,20). The van der Waals surface area contributed by atoms with E-state index in [1.54, 1.807) is 12.1 Å². The first-order valence-electron chi connectivity index (χ1n) is 6.75. The van der Waals surface area contributed by atoms with E-state index in [0.29, 0.717) is 17.1 Å². The van der Waals surface area contributed by atoms with Crippen LogP contribution in [0.5, 0.6) is 0 Å². The molecule has 20 heavy (non-hydrogen) atoms. The second kappa shape index (κ2) is 7.11. The van der Waals surface area contributed by atoms with Gasteiger partial charge >= 0.3 is 0 Å². The van der Waals surface area contributed by atoms with Gasteiger partial charge in [0, 0.05) is 6.54 Å². The Kier molecular flexibility index (Phi) is 5.19. The third-order valence-corrected chi connectivity index (χ3v) is 3.50. The number of halogens is 1. The van der Waals surface area contributed by atoms with Crippen LogP contribution in [0.1, 0.15) is 27.9 Å². The summed E-state index contributed by atoms with van der Waals surface area (Å²) in [6.07, 6.45) is 1.88. The molecule has 0 spiro atoms. The number of rotatable bonds is 5. The first-order valence-corrected chi connectivity index (χ1v) is 7.13. The number of hydrogen-bond acceptors (Lipinski definition) is 1. The molecule has 0 aliphatic rings. The van der Waals surface area contributed by atoms with Gasteiger partial charge in [0.25, 0.3) is 5.91 Å². The third-order valence-electron chi connectivity index (χ3n) is 3.17. The number of amides is 1. The zero-order valence-electron chi connectivity index (χ0n) is 11.5. The van der Waals surface area contributed by atoms with Crippen LogP contribution in [0.2, 0.25) is 5.02 Å². The molecule has 2 nitrogen and oxygen atoms in total. The Morgan fingerprint density at radius 1 is 1.10 bits per heavy atom. The highest BCUT2D eigenvalue weighted by Crippen LogP contribution is 2.14. The molecule has 3 heteroatoms. The van der Waals surface area contributed by atoms with Crippen LogP contribution in [0.4, 0.5) is 0 Å². The summed E-state index contributed by atoms with van der Waals surface area (Å²) < 4.78 is 0. The number of benzene rings is 2. The van der Waals surface area contributed by atoms with Crippen LogP contribution in [0, 0.1) is 6.92 Å². The predicted molar refractivity (Wildman–Crippen MR) is 83.3 cm³/mol. The molecule has 2 aromatic rings. The molecule has 0 bridgehead atoms. The first-order chi connectivity index (χ1) is 9.66. The van der Waals surface area contributed by atoms with Crippen molar-refractivity contribution in [1.82, 2.24) is 5.32 Å². The molecular formula is C17H18ClNO. The Labute approximate surface area is 124 Å². The zero-order chi connectivity index (χ0) is 14.4. The summed E-state index contributed by atoms with van der Waals surface area (Å²) in [4.78, 5) is 11.9. The Balaban J connectivity index is 1.77. The molecule has 0 saturated carbocycles. The van der Waals surface area contributed by atoms with Crippen molar-refractivity contribution in [3.05, 3.63) is 70.2 Å². The Morgan fingerprint density at radius 3 is 2.50 bits per heavy atom. The van der Waals surface area contributed by atoms with Gasteiger partial charge in [-0.2, -0.15) is 0 Å². The molecular weight excluding hydrogens is 270 g/mol. The van der Waals surface area contributed by atoms with Crippen molar-refractivity contribution in [1.29, 1.82) is 0 Å². The smallest absolute Gasteiger partial charge is 0.252 e. The largest absolute Gasteiger partial charge is 0.352 e. The highest BCUT2D eigenvalue weighted by atomic mass is 35.5. The first kappa shape index (κ1) is 14.6. The maximum Gasteiger partial charge on any atom is 0.252 e. The van der Waals surface area contributed by atoms with E-state index in [2.05, 4.69) is 36.5 Å². The van der Waals surface area contributed by atoms with Crippen LogP contribution in [0.25, 0.3) is 0 Å². The Morgan fingerprint density at radius 2 is 1.80 bits per heavy atom. The fraction of sp³-hybridized carbons (Fsp3) is 0.235. The summed E-state index contributed by atoms with van der Waals surface area (Å²) >= 11 is 5.98. The minimum Gasteiger partial charge on any atom is -0.352 e. The Bertz CT molecular complexity index is 578. The van der Waals surface area contributed by atoms with E-state index in [-0.39, 0.29) is 5.91 Å². The average Bonchev–Trinajstić information content (AvgIpc) is 2.46. The van der Waals surface area contributed by atoms with Crippen LogP contribution < -0.4 is 5.32 Å². The summed E-state index contributed by atoms with van der Waals surface area (Å²) in [7, 11) is 0. The lowest BCUT2D eigenvalue weighted by Gasteiger charge is -2.07. The van der Waals surface area contributed by atoms with Gasteiger partial charge in [-0.15, -0.1) is 0 Å². The van der Waals surface area contributed by atoms with E-state index >= 15 is 0 Å². The van der Waals surface area contributed by atoms with Gasteiger partial charge in [0.15, 0.2) is 0 Å². The molecule has 1 amide bonds. The quantitative estimate of drug-likeness (QED) is 0.827. The fourth-order valence-electron chi connectivity index (χ4n) is 1.99. The third kappa shape index (κ3) is 4.10. The summed E-state index contributed by atoms with van der Waals surface area (Å²) in [6.45, 7) is 2.73. The molecule has 0 radical (unpaired) electrons. The van der Waals surface area contributed by atoms with Gasteiger partial charge in [-0.25, -0.2) is 0 Å². The SMILES string of the molecule is Cc1ccc(CCCNC(=O)c2ccccc2Cl)cc1. The molecule has 0 aromatic heterocycles. The van der Waals surface area contributed by atoms with Gasteiger partial charge < -0.3 is 5.32 Å². The number of carbonyl (C=O) groups excluding carboxylic acids is 1. The van der Waals surface area contributed by atoms with E-state index in [9.17, 15) is 4.79 Å². The molecule has 104 valence electrons. The van der Waals surface area contributed by atoms with Crippen molar-refractivity contribution in [2.75, 3.05) is 6.54 Å². The lowest BCUT2D eigenvalue weighted by molar-refractivity contribution is 0.0953. The minimum absolute atomic E-state index is 0.112. The molecule has 0 aliphatic carbocycles. The van der Waals surface area contributed by atoms with E-state index in [1.807, 2.05) is 12.1 Å². The van der Waals surface area contributed by atoms with Gasteiger partial charge in [0.05, 0.1) is 10.6 Å². The van der Waals surface area contributed by atoms with E-state index in [4.69, 9.17) is 11.6 Å². The molecule has 0 aliphatic heterocycles. The van der Waals surface area contributed by atoms with Gasteiger partial charge in [-0.3, -0.25) is 4.79 Å². The topological polar surface area (TPSA) is 29.1 Å². The van der Waals surface area contributed by atoms with Crippen LogP contribution in [-0.4, -0.2) is 12.5 Å². The van der Waals surface area contributed by atoms with Crippen molar-refractivity contribution in [2.24, 2.45) is 0 Å². The van der Waals surface area contributed by atoms with Crippen LogP contribution in [-0.2, 0) is 6.42 Å². The van der Waals surface area contributed by atoms with Crippen LogP contribution in [0.3, 0.4) is 0 Å². The van der Waals surface area contributed by atoms with Crippen molar-refractivity contribution in [3.63, 3.8) is 0 Å². The van der Waals surface area contributed by atoms with Gasteiger partial charge in [-0.1, -0.05) is 53.6 Å². The summed E-state index contributed by atoms with van der Waals surface area (Å²) in [5.74, 6) is -0.112. The predicted octanol–water partition coefficient (Wildman–Crippen LogP) is 4.01. The molecule has 0 atom stereocenters. The Hall–Kier alpha value is -1.80. The zero-order valence-corrected chi connectivity index (χ0v) is 12.3. The van der Waals surface area contributed by atoms with Gasteiger partial charge in [-0.05, 0) is 37.5 Å². The molecule has 1 N–H and O–H groups in total. The summed E-state index contributed by atoms with van der Waals surface area (Å²) in [6, 6.07) is 15.6. The molecule has 0 heterocycles. The summed E-state index contributed by atoms with van der Waals surface area (Å²) in [5.41, 5.74) is 3.09. The van der Waals surface area contributed by atoms with Crippen LogP contribution in [0.15, 0.2) is 48.5 Å². The van der Waals surface area contributed by atoms with Gasteiger partial charge in [0.2, 0.25) is 0 Å². The number of hydrogen-bond donors (Lipinski definition) is 1. The van der Waals surface area contributed by atoms with Crippen molar-refractivity contribution in [2.45, 2.75) is 19.8 Å². The van der Waals surface area contributed by atoms with Crippen molar-refractivity contribution in [3.8, 4) is 0 Å². The average molecular weight is 288 g/mol.